The van der Waals surface area contributed by atoms with Gasteiger partial charge in [-0.25, -0.2) is 9.37 Å². The second kappa shape index (κ2) is 6.44. The van der Waals surface area contributed by atoms with Crippen molar-refractivity contribution in [1.29, 1.82) is 0 Å². The van der Waals surface area contributed by atoms with Gasteiger partial charge in [0.25, 0.3) is 0 Å². The molecule has 0 unspecified atom stereocenters. The Labute approximate surface area is 120 Å². The molecule has 20 heavy (non-hydrogen) atoms. The van der Waals surface area contributed by atoms with E-state index >= 15 is 0 Å². The van der Waals surface area contributed by atoms with Crippen LogP contribution in [-0.4, -0.2) is 28.0 Å². The molecule has 1 aromatic heterocycles. The molecule has 0 saturated carbocycles. The molecule has 1 heterocycles. The maximum absolute atomic E-state index is 13.3. The molecule has 0 aliphatic rings. The predicted octanol–water partition coefficient (Wildman–Crippen LogP) is 2.01. The number of benzene rings is 1. The normalized spacial score (nSPS) is 12.1. The number of oxime groups is 1. The van der Waals surface area contributed by atoms with Gasteiger partial charge < -0.3 is 10.9 Å². The third kappa shape index (κ3) is 3.52. The molecule has 2 aromatic rings. The highest BCUT2D eigenvalue weighted by Crippen LogP contribution is 2.15. The molecule has 0 aliphatic carbocycles. The first kappa shape index (κ1) is 14.4. The minimum Gasteiger partial charge on any atom is -0.409 e. The Kier molecular flexibility index (Phi) is 4.65. The van der Waals surface area contributed by atoms with Crippen molar-refractivity contribution in [2.45, 2.75) is 13.1 Å². The van der Waals surface area contributed by atoms with Gasteiger partial charge in [-0.3, -0.25) is 4.90 Å². The Morgan fingerprint density at radius 1 is 1.50 bits per heavy atom. The molecule has 0 amide bonds. The number of hydrogen-bond acceptors (Lipinski definition) is 5. The van der Waals surface area contributed by atoms with Gasteiger partial charge in [0.2, 0.25) is 0 Å². The maximum Gasteiger partial charge on any atom is 0.170 e. The highest BCUT2D eigenvalue weighted by atomic mass is 32.1. The molecule has 0 aliphatic heterocycles. The molecular formula is C13H15FN4OS. The lowest BCUT2D eigenvalue weighted by atomic mass is 10.1. The number of rotatable bonds is 5. The number of hydrogen-bond donors (Lipinski definition) is 2. The molecule has 3 N–H and O–H groups in total. The smallest absolute Gasteiger partial charge is 0.170 e. The van der Waals surface area contributed by atoms with E-state index in [1.807, 2.05) is 17.3 Å². The summed E-state index contributed by atoms with van der Waals surface area (Å²) in [6.07, 6.45) is 0. The van der Waals surface area contributed by atoms with Crippen molar-refractivity contribution in [2.75, 3.05) is 7.05 Å². The SMILES string of the molecule is CN(Cc1cscn1)Cc1ccc(F)cc1C(N)=NO. The van der Waals surface area contributed by atoms with Crippen LogP contribution in [0.2, 0.25) is 0 Å². The van der Waals surface area contributed by atoms with Gasteiger partial charge in [-0.15, -0.1) is 11.3 Å². The van der Waals surface area contributed by atoms with Crippen LogP contribution in [0.5, 0.6) is 0 Å². The molecule has 2 rings (SSSR count). The van der Waals surface area contributed by atoms with Crippen LogP contribution in [-0.2, 0) is 13.1 Å². The van der Waals surface area contributed by atoms with E-state index in [2.05, 4.69) is 10.1 Å². The first-order valence-electron chi connectivity index (χ1n) is 5.92. The van der Waals surface area contributed by atoms with E-state index in [0.717, 1.165) is 11.3 Å². The van der Waals surface area contributed by atoms with Gasteiger partial charge in [0, 0.05) is 24.0 Å². The van der Waals surface area contributed by atoms with E-state index in [0.29, 0.717) is 18.7 Å². The van der Waals surface area contributed by atoms with Crippen molar-refractivity contribution in [3.63, 3.8) is 0 Å². The zero-order valence-corrected chi connectivity index (χ0v) is 11.8. The summed E-state index contributed by atoms with van der Waals surface area (Å²) in [5, 5.41) is 13.7. The summed E-state index contributed by atoms with van der Waals surface area (Å²) in [5.41, 5.74) is 9.53. The molecule has 5 nitrogen and oxygen atoms in total. The molecule has 106 valence electrons. The maximum atomic E-state index is 13.3. The Bertz CT molecular complexity index is 600. The van der Waals surface area contributed by atoms with Gasteiger partial charge in [-0.05, 0) is 24.7 Å². The van der Waals surface area contributed by atoms with Crippen LogP contribution < -0.4 is 5.73 Å². The number of nitrogens with two attached hydrogens (primary N) is 1. The van der Waals surface area contributed by atoms with E-state index in [9.17, 15) is 4.39 Å². The monoisotopic (exact) mass is 294 g/mol. The molecule has 0 spiro atoms. The van der Waals surface area contributed by atoms with Gasteiger partial charge in [0.1, 0.15) is 5.82 Å². The first-order valence-corrected chi connectivity index (χ1v) is 6.86. The lowest BCUT2D eigenvalue weighted by Gasteiger charge is -2.17. The van der Waals surface area contributed by atoms with Crippen molar-refractivity contribution >= 4 is 17.2 Å². The van der Waals surface area contributed by atoms with E-state index in [1.165, 1.54) is 12.1 Å². The van der Waals surface area contributed by atoms with Gasteiger partial charge >= 0.3 is 0 Å². The summed E-state index contributed by atoms with van der Waals surface area (Å²) >= 11 is 1.54. The minimum absolute atomic E-state index is 0.0958. The number of halogens is 1. The quantitative estimate of drug-likeness (QED) is 0.383. The summed E-state index contributed by atoms with van der Waals surface area (Å²) in [7, 11) is 1.93. The number of thiazole rings is 1. The van der Waals surface area contributed by atoms with Crippen LogP contribution in [0.1, 0.15) is 16.8 Å². The molecule has 0 radical (unpaired) electrons. The third-order valence-electron chi connectivity index (χ3n) is 2.81. The number of aromatic nitrogens is 1. The lowest BCUT2D eigenvalue weighted by Crippen LogP contribution is -2.22. The topological polar surface area (TPSA) is 74.7 Å². The fourth-order valence-corrected chi connectivity index (χ4v) is 2.47. The third-order valence-corrected chi connectivity index (χ3v) is 3.45. The summed E-state index contributed by atoms with van der Waals surface area (Å²) in [5.74, 6) is -0.515. The minimum atomic E-state index is -0.419. The highest BCUT2D eigenvalue weighted by Gasteiger charge is 2.11. The van der Waals surface area contributed by atoms with Crippen molar-refractivity contribution < 1.29 is 9.60 Å². The largest absolute Gasteiger partial charge is 0.409 e. The fourth-order valence-electron chi connectivity index (χ4n) is 1.92. The van der Waals surface area contributed by atoms with Crippen LogP contribution in [0.4, 0.5) is 4.39 Å². The van der Waals surface area contributed by atoms with Crippen LogP contribution in [0.15, 0.2) is 34.2 Å². The summed E-state index contributed by atoms with van der Waals surface area (Å²) in [6.45, 7) is 1.22. The Hall–Kier alpha value is -1.99. The summed E-state index contributed by atoms with van der Waals surface area (Å²) < 4.78 is 13.3. The van der Waals surface area contributed by atoms with Gasteiger partial charge in [-0.2, -0.15) is 0 Å². The Balaban J connectivity index is 2.16. The highest BCUT2D eigenvalue weighted by molar-refractivity contribution is 7.07. The molecule has 1 aromatic carbocycles. The first-order chi connectivity index (χ1) is 9.60. The second-order valence-corrected chi connectivity index (χ2v) is 5.16. The molecule has 0 fully saturated rings. The van der Waals surface area contributed by atoms with Gasteiger partial charge in [-0.1, -0.05) is 11.2 Å². The van der Waals surface area contributed by atoms with Crippen LogP contribution in [0, 0.1) is 5.82 Å². The van der Waals surface area contributed by atoms with Crippen molar-refractivity contribution in [1.82, 2.24) is 9.88 Å². The van der Waals surface area contributed by atoms with E-state index in [1.54, 1.807) is 22.9 Å². The van der Waals surface area contributed by atoms with Crippen molar-refractivity contribution in [2.24, 2.45) is 10.9 Å². The number of amidine groups is 1. The van der Waals surface area contributed by atoms with E-state index < -0.39 is 5.82 Å². The van der Waals surface area contributed by atoms with E-state index in [-0.39, 0.29) is 5.84 Å². The molecule has 0 atom stereocenters. The lowest BCUT2D eigenvalue weighted by molar-refractivity contribution is 0.313. The van der Waals surface area contributed by atoms with E-state index in [4.69, 9.17) is 10.9 Å². The van der Waals surface area contributed by atoms with Crippen molar-refractivity contribution in [3.05, 3.63) is 51.7 Å². The van der Waals surface area contributed by atoms with Gasteiger partial charge in [0.05, 0.1) is 11.2 Å². The molecule has 7 heteroatoms. The standard InChI is InChI=1S/C13H15FN4OS/c1-18(6-11-7-20-8-16-11)5-9-2-3-10(14)4-12(9)13(15)17-19/h2-4,7-8,19H,5-6H2,1H3,(H2,15,17). The Morgan fingerprint density at radius 2 is 2.30 bits per heavy atom. The van der Waals surface area contributed by atoms with Gasteiger partial charge in [0.15, 0.2) is 5.84 Å². The fraction of sp³-hybridized carbons (Fsp3) is 0.231. The number of nitrogens with zero attached hydrogens (tertiary/aromatic N) is 3. The average Bonchev–Trinajstić information content (AvgIpc) is 2.92. The average molecular weight is 294 g/mol. The zero-order chi connectivity index (χ0) is 14.5. The van der Waals surface area contributed by atoms with Crippen molar-refractivity contribution in [3.8, 4) is 0 Å². The second-order valence-electron chi connectivity index (χ2n) is 4.44. The zero-order valence-electron chi connectivity index (χ0n) is 11.0. The summed E-state index contributed by atoms with van der Waals surface area (Å²) in [4.78, 5) is 6.24. The van der Waals surface area contributed by atoms with Crippen LogP contribution >= 0.6 is 11.3 Å². The van der Waals surface area contributed by atoms with Crippen LogP contribution in [0.3, 0.4) is 0 Å². The predicted molar refractivity (Wildman–Crippen MR) is 76.2 cm³/mol. The molecular weight excluding hydrogens is 279 g/mol. The Morgan fingerprint density at radius 3 is 2.95 bits per heavy atom. The summed E-state index contributed by atoms with van der Waals surface area (Å²) in [6, 6.07) is 4.27. The molecule has 0 saturated heterocycles. The molecule has 0 bridgehead atoms. The van der Waals surface area contributed by atoms with Crippen LogP contribution in [0.25, 0.3) is 0 Å².